The summed E-state index contributed by atoms with van der Waals surface area (Å²) in [6.45, 7) is 6.38. The van der Waals surface area contributed by atoms with Crippen LogP contribution in [0.5, 0.6) is 0 Å². The van der Waals surface area contributed by atoms with Gasteiger partial charge in [0, 0.05) is 6.42 Å². The molecule has 3 atom stereocenters. The molecule has 0 bridgehead atoms. The Morgan fingerprint density at radius 1 is 0.492 bits per heavy atom. The van der Waals surface area contributed by atoms with Gasteiger partial charge in [-0.1, -0.05) is 243 Å². The minimum Gasteiger partial charge on any atom is -0.462 e. The van der Waals surface area contributed by atoms with Gasteiger partial charge in [0.25, 0.3) is 0 Å². The van der Waals surface area contributed by atoms with E-state index in [1.807, 2.05) is 0 Å². The van der Waals surface area contributed by atoms with Crippen LogP contribution in [0.3, 0.4) is 0 Å². The number of unbranched alkanes of at least 4 members (excludes halogenated alkanes) is 30. The van der Waals surface area contributed by atoms with Crippen LogP contribution in [0.1, 0.15) is 278 Å². The number of ether oxygens (including phenoxy) is 1. The monoisotopic (exact) mass is 858 g/mol. The fourth-order valence-electron chi connectivity index (χ4n) is 8.21. The highest BCUT2D eigenvalue weighted by Gasteiger charge is 2.24. The number of aliphatic hydroxyl groups is 2. The zero-order chi connectivity index (χ0) is 44.5. The molecule has 0 fully saturated rings. The predicted molar refractivity (Wildman–Crippen MR) is 264 cm³/mol. The molecule has 358 valence electrons. The molecule has 0 radical (unpaired) electrons. The standard InChI is InChI=1S/C55H103NO5/c1-4-7-10-13-16-19-22-24-26-27-28-29-32-34-37-40-43-46-51(61-55(60)48-45-42-39-36-33-30-25-23-20-17-14-11-8-5-2)49-54(59)56-52(50-57)53(58)47-44-41-38-35-31-21-18-15-12-9-6-3/h8,11,17,20,25,30,51-53,57-58H,4-7,9-10,12-16,18-19,21-24,26-29,31-50H2,1-3H3,(H,56,59)/b11-8+,20-17+,30-25+. The van der Waals surface area contributed by atoms with Crippen molar-refractivity contribution in [2.75, 3.05) is 6.61 Å². The van der Waals surface area contributed by atoms with Crippen LogP contribution in [0.2, 0.25) is 0 Å². The molecule has 0 aromatic rings. The number of esters is 1. The molecule has 0 aromatic heterocycles. The second-order valence-electron chi connectivity index (χ2n) is 18.3. The molecule has 3 unspecified atom stereocenters. The maximum absolute atomic E-state index is 13.2. The van der Waals surface area contributed by atoms with Gasteiger partial charge in [-0.3, -0.25) is 9.59 Å². The van der Waals surface area contributed by atoms with Crippen molar-refractivity contribution in [1.29, 1.82) is 0 Å². The summed E-state index contributed by atoms with van der Waals surface area (Å²) in [5.41, 5.74) is 0. The number of hydrogen-bond donors (Lipinski definition) is 3. The number of carbonyl (C=O) groups excluding carboxylic acids is 2. The Balaban J connectivity index is 4.58. The SMILES string of the molecule is CC/C=C/C/C=C/C/C=C/CCCCCCC(=O)OC(CCCCCCCCCCCCCCCCCCC)CC(=O)NC(CO)C(O)CCCCCCCCCCCCC. The molecule has 61 heavy (non-hydrogen) atoms. The Morgan fingerprint density at radius 2 is 0.885 bits per heavy atom. The fraction of sp³-hybridized carbons (Fsp3) is 0.855. The van der Waals surface area contributed by atoms with Gasteiger partial charge in [-0.25, -0.2) is 0 Å². The Labute approximate surface area is 379 Å². The van der Waals surface area contributed by atoms with Crippen LogP contribution in [0.4, 0.5) is 0 Å². The van der Waals surface area contributed by atoms with Crippen molar-refractivity contribution in [2.45, 2.75) is 296 Å². The molecule has 0 aliphatic heterocycles. The molecule has 0 saturated heterocycles. The Bertz CT molecular complexity index is 1010. The van der Waals surface area contributed by atoms with Gasteiger partial charge in [-0.05, 0) is 57.8 Å². The molecule has 0 heterocycles. The number of hydrogen-bond acceptors (Lipinski definition) is 5. The van der Waals surface area contributed by atoms with Gasteiger partial charge in [-0.15, -0.1) is 0 Å². The van der Waals surface area contributed by atoms with Crippen molar-refractivity contribution in [3.63, 3.8) is 0 Å². The topological polar surface area (TPSA) is 95.9 Å². The zero-order valence-corrected chi connectivity index (χ0v) is 40.8. The van der Waals surface area contributed by atoms with Crippen LogP contribution < -0.4 is 5.32 Å². The summed E-state index contributed by atoms with van der Waals surface area (Å²) in [5.74, 6) is -0.487. The molecule has 0 spiro atoms. The Kier molecular flexibility index (Phi) is 47.6. The van der Waals surface area contributed by atoms with Crippen molar-refractivity contribution in [3.8, 4) is 0 Å². The summed E-state index contributed by atoms with van der Waals surface area (Å²) in [6, 6.07) is -0.702. The van der Waals surface area contributed by atoms with E-state index in [2.05, 4.69) is 62.5 Å². The summed E-state index contributed by atoms with van der Waals surface area (Å²) in [7, 11) is 0. The predicted octanol–water partition coefficient (Wildman–Crippen LogP) is 16.1. The molecule has 6 nitrogen and oxygen atoms in total. The first kappa shape index (κ1) is 59.1. The van der Waals surface area contributed by atoms with Crippen LogP contribution in [0.25, 0.3) is 0 Å². The third-order valence-electron chi connectivity index (χ3n) is 12.2. The number of amides is 1. The number of allylic oxidation sites excluding steroid dienone is 6. The maximum Gasteiger partial charge on any atom is 0.306 e. The van der Waals surface area contributed by atoms with Crippen LogP contribution in [-0.2, 0) is 14.3 Å². The van der Waals surface area contributed by atoms with Gasteiger partial charge >= 0.3 is 5.97 Å². The lowest BCUT2D eigenvalue weighted by molar-refractivity contribution is -0.151. The minimum atomic E-state index is -0.788. The first-order chi connectivity index (χ1) is 30.0. The number of carbonyl (C=O) groups is 2. The average molecular weight is 858 g/mol. The van der Waals surface area contributed by atoms with E-state index in [1.165, 1.54) is 148 Å². The zero-order valence-electron chi connectivity index (χ0n) is 40.8. The molecule has 0 rings (SSSR count). The molecule has 6 heteroatoms. The molecule has 0 aliphatic rings. The summed E-state index contributed by atoms with van der Waals surface area (Å²) < 4.78 is 5.94. The maximum atomic E-state index is 13.2. The highest BCUT2D eigenvalue weighted by Crippen LogP contribution is 2.18. The van der Waals surface area contributed by atoms with Crippen molar-refractivity contribution in [1.82, 2.24) is 5.32 Å². The number of nitrogens with one attached hydrogen (secondary N) is 1. The first-order valence-electron chi connectivity index (χ1n) is 26.7. The van der Waals surface area contributed by atoms with Gasteiger partial charge in [0.15, 0.2) is 0 Å². The summed E-state index contributed by atoms with van der Waals surface area (Å²) in [5, 5.41) is 23.8. The van der Waals surface area contributed by atoms with Crippen molar-refractivity contribution in [3.05, 3.63) is 36.5 Å². The second kappa shape index (κ2) is 49.1. The average Bonchev–Trinajstić information content (AvgIpc) is 3.25. The van der Waals surface area contributed by atoms with E-state index in [0.717, 1.165) is 83.5 Å². The highest BCUT2D eigenvalue weighted by molar-refractivity contribution is 5.77. The molecular weight excluding hydrogens is 755 g/mol. The summed E-state index contributed by atoms with van der Waals surface area (Å²) in [4.78, 5) is 26.2. The van der Waals surface area contributed by atoms with E-state index in [4.69, 9.17) is 4.74 Å². The smallest absolute Gasteiger partial charge is 0.306 e. The molecule has 0 aromatic carbocycles. The highest BCUT2D eigenvalue weighted by atomic mass is 16.5. The lowest BCUT2D eigenvalue weighted by Gasteiger charge is -2.24. The van der Waals surface area contributed by atoms with Crippen molar-refractivity contribution >= 4 is 11.9 Å². The van der Waals surface area contributed by atoms with Gasteiger partial charge < -0.3 is 20.3 Å². The van der Waals surface area contributed by atoms with Crippen molar-refractivity contribution in [2.24, 2.45) is 0 Å². The largest absolute Gasteiger partial charge is 0.462 e. The van der Waals surface area contributed by atoms with E-state index in [-0.39, 0.29) is 24.9 Å². The molecular formula is C55H103NO5. The molecule has 1 amide bonds. The van der Waals surface area contributed by atoms with Crippen LogP contribution in [0.15, 0.2) is 36.5 Å². The van der Waals surface area contributed by atoms with Crippen LogP contribution in [0, 0.1) is 0 Å². The third kappa shape index (κ3) is 44.5. The summed E-state index contributed by atoms with van der Waals surface area (Å²) >= 11 is 0. The molecule has 3 N–H and O–H groups in total. The van der Waals surface area contributed by atoms with Gasteiger partial charge in [0.05, 0.1) is 25.2 Å². The van der Waals surface area contributed by atoms with Crippen LogP contribution >= 0.6 is 0 Å². The first-order valence-corrected chi connectivity index (χ1v) is 26.7. The lowest BCUT2D eigenvalue weighted by atomic mass is 10.0. The van der Waals surface area contributed by atoms with E-state index in [0.29, 0.717) is 19.3 Å². The fourth-order valence-corrected chi connectivity index (χ4v) is 8.21. The number of rotatable bonds is 48. The van der Waals surface area contributed by atoms with E-state index >= 15 is 0 Å². The molecule has 0 saturated carbocycles. The van der Waals surface area contributed by atoms with Crippen LogP contribution in [-0.4, -0.2) is 46.9 Å². The van der Waals surface area contributed by atoms with Gasteiger partial charge in [0.1, 0.15) is 6.10 Å². The van der Waals surface area contributed by atoms with Crippen molar-refractivity contribution < 1.29 is 24.5 Å². The summed E-state index contributed by atoms with van der Waals surface area (Å²) in [6.07, 6.45) is 57.8. The second-order valence-corrected chi connectivity index (χ2v) is 18.3. The Hall–Kier alpha value is -1.92. The molecule has 0 aliphatic carbocycles. The third-order valence-corrected chi connectivity index (χ3v) is 12.2. The van der Waals surface area contributed by atoms with Gasteiger partial charge in [-0.2, -0.15) is 0 Å². The lowest BCUT2D eigenvalue weighted by Crippen LogP contribution is -2.46. The normalized spacial score (nSPS) is 13.5. The minimum absolute atomic E-state index is 0.0726. The van der Waals surface area contributed by atoms with Gasteiger partial charge in [0.2, 0.25) is 5.91 Å². The quantitative estimate of drug-likeness (QED) is 0.0322. The Morgan fingerprint density at radius 3 is 1.34 bits per heavy atom. The number of aliphatic hydroxyl groups excluding tert-OH is 2. The van der Waals surface area contributed by atoms with E-state index in [1.54, 1.807) is 0 Å². The van der Waals surface area contributed by atoms with E-state index < -0.39 is 18.2 Å². The van der Waals surface area contributed by atoms with E-state index in [9.17, 15) is 19.8 Å².